The lowest BCUT2D eigenvalue weighted by molar-refractivity contribution is 0.102. The average molecular weight is 345 g/mol. The fourth-order valence-electron chi connectivity index (χ4n) is 2.16. The number of anilines is 1. The predicted molar refractivity (Wildman–Crippen MR) is 84.6 cm³/mol. The summed E-state index contributed by atoms with van der Waals surface area (Å²) in [6.45, 7) is 3.82. The Morgan fingerprint density at radius 1 is 1.29 bits per heavy atom. The average Bonchev–Trinajstić information content (AvgIpc) is 2.76. The molecule has 0 unspecified atom stereocenters. The lowest BCUT2D eigenvalue weighted by Crippen LogP contribution is -2.16. The van der Waals surface area contributed by atoms with Gasteiger partial charge in [-0.05, 0) is 59.6 Å². The van der Waals surface area contributed by atoms with Crippen LogP contribution < -0.4 is 5.32 Å². The van der Waals surface area contributed by atoms with Gasteiger partial charge in [0, 0.05) is 16.9 Å². The number of aryl methyl sites for hydroxylation is 2. The number of pyridine rings is 2. The van der Waals surface area contributed by atoms with Gasteiger partial charge in [-0.25, -0.2) is 9.97 Å². The van der Waals surface area contributed by atoms with E-state index in [4.69, 9.17) is 0 Å². The highest BCUT2D eigenvalue weighted by molar-refractivity contribution is 9.10. The number of halogens is 1. The molecule has 0 saturated heterocycles. The molecule has 1 amide bonds. The zero-order valence-electron chi connectivity index (χ0n) is 11.6. The summed E-state index contributed by atoms with van der Waals surface area (Å²) >= 11 is 3.31. The maximum Gasteiger partial charge on any atom is 0.275 e. The highest BCUT2D eigenvalue weighted by atomic mass is 79.9. The number of carbonyl (C=O) groups is 1. The Morgan fingerprint density at radius 2 is 2.10 bits per heavy atom. The van der Waals surface area contributed by atoms with E-state index in [-0.39, 0.29) is 5.91 Å². The topological polar surface area (TPSA) is 59.3 Å². The number of hydrogen-bond acceptors (Lipinski definition) is 3. The number of nitrogens with zero attached hydrogens (tertiary/aromatic N) is 3. The summed E-state index contributed by atoms with van der Waals surface area (Å²) in [5.41, 5.74) is 3.08. The lowest BCUT2D eigenvalue weighted by atomic mass is 10.3. The molecule has 0 radical (unpaired) electrons. The Morgan fingerprint density at radius 3 is 2.81 bits per heavy atom. The van der Waals surface area contributed by atoms with Crippen LogP contribution in [0.3, 0.4) is 0 Å². The first kappa shape index (κ1) is 13.8. The van der Waals surface area contributed by atoms with E-state index in [2.05, 4.69) is 31.2 Å². The molecule has 3 aromatic heterocycles. The molecular formula is C15H13BrN4O. The van der Waals surface area contributed by atoms with Gasteiger partial charge in [-0.2, -0.15) is 0 Å². The van der Waals surface area contributed by atoms with E-state index >= 15 is 0 Å². The SMILES string of the molecule is Cc1ccn2c(C(=O)Nc3ccc(Br)cn3)c(C)nc2c1. The van der Waals surface area contributed by atoms with Crippen LogP contribution in [0.25, 0.3) is 5.65 Å². The minimum Gasteiger partial charge on any atom is -0.305 e. The molecule has 0 saturated carbocycles. The maximum absolute atomic E-state index is 12.5. The van der Waals surface area contributed by atoms with E-state index in [1.807, 2.05) is 38.2 Å². The fraction of sp³-hybridized carbons (Fsp3) is 0.133. The third-order valence-corrected chi connectivity index (χ3v) is 3.61. The Balaban J connectivity index is 1.97. The molecular weight excluding hydrogens is 332 g/mol. The Bertz CT molecular complexity index is 824. The van der Waals surface area contributed by atoms with Gasteiger partial charge in [0.15, 0.2) is 0 Å². The van der Waals surface area contributed by atoms with Crippen LogP contribution >= 0.6 is 15.9 Å². The number of nitrogens with one attached hydrogen (secondary N) is 1. The van der Waals surface area contributed by atoms with Crippen molar-refractivity contribution in [2.75, 3.05) is 5.32 Å². The second-order valence-corrected chi connectivity index (χ2v) is 5.71. The van der Waals surface area contributed by atoms with E-state index in [1.54, 1.807) is 16.7 Å². The maximum atomic E-state index is 12.5. The van der Waals surface area contributed by atoms with Gasteiger partial charge in [0.05, 0.1) is 5.69 Å². The van der Waals surface area contributed by atoms with Crippen LogP contribution in [0.4, 0.5) is 5.82 Å². The molecule has 3 rings (SSSR count). The van der Waals surface area contributed by atoms with Crippen molar-refractivity contribution in [1.82, 2.24) is 14.4 Å². The molecule has 5 nitrogen and oxygen atoms in total. The first-order valence-electron chi connectivity index (χ1n) is 6.43. The molecule has 0 aliphatic carbocycles. The first-order valence-corrected chi connectivity index (χ1v) is 7.22. The molecule has 0 atom stereocenters. The van der Waals surface area contributed by atoms with Gasteiger partial charge in [-0.1, -0.05) is 0 Å². The van der Waals surface area contributed by atoms with Crippen molar-refractivity contribution in [3.8, 4) is 0 Å². The number of rotatable bonds is 2. The number of fused-ring (bicyclic) bond motifs is 1. The highest BCUT2D eigenvalue weighted by Crippen LogP contribution is 2.16. The van der Waals surface area contributed by atoms with Crippen LogP contribution in [0, 0.1) is 13.8 Å². The summed E-state index contributed by atoms with van der Waals surface area (Å²) in [6, 6.07) is 7.46. The van der Waals surface area contributed by atoms with Gasteiger partial charge in [-0.3, -0.25) is 9.20 Å². The second kappa shape index (κ2) is 5.29. The summed E-state index contributed by atoms with van der Waals surface area (Å²) < 4.78 is 2.65. The largest absolute Gasteiger partial charge is 0.305 e. The quantitative estimate of drug-likeness (QED) is 0.775. The van der Waals surface area contributed by atoms with Crippen LogP contribution in [0.1, 0.15) is 21.7 Å². The van der Waals surface area contributed by atoms with Crippen LogP contribution in [0.15, 0.2) is 41.1 Å². The number of imidazole rings is 1. The summed E-state index contributed by atoms with van der Waals surface area (Å²) in [4.78, 5) is 21.0. The molecule has 6 heteroatoms. The third kappa shape index (κ3) is 2.67. The molecule has 3 aromatic rings. The van der Waals surface area contributed by atoms with Gasteiger partial charge in [-0.15, -0.1) is 0 Å². The van der Waals surface area contributed by atoms with Gasteiger partial charge < -0.3 is 5.32 Å². The molecule has 3 heterocycles. The van der Waals surface area contributed by atoms with Crippen molar-refractivity contribution in [1.29, 1.82) is 0 Å². The van der Waals surface area contributed by atoms with Crippen molar-refractivity contribution >= 4 is 33.3 Å². The normalized spacial score (nSPS) is 10.8. The van der Waals surface area contributed by atoms with Gasteiger partial charge in [0.25, 0.3) is 5.91 Å². The number of carbonyl (C=O) groups excluding carboxylic acids is 1. The van der Waals surface area contributed by atoms with E-state index in [9.17, 15) is 4.79 Å². The minimum absolute atomic E-state index is 0.223. The molecule has 0 aliphatic heterocycles. The van der Waals surface area contributed by atoms with Gasteiger partial charge in [0.2, 0.25) is 0 Å². The molecule has 0 fully saturated rings. The third-order valence-electron chi connectivity index (χ3n) is 3.14. The van der Waals surface area contributed by atoms with E-state index in [0.717, 1.165) is 15.7 Å². The second-order valence-electron chi connectivity index (χ2n) is 4.79. The molecule has 0 spiro atoms. The van der Waals surface area contributed by atoms with Crippen molar-refractivity contribution in [3.05, 3.63) is 58.1 Å². The van der Waals surface area contributed by atoms with E-state index in [1.165, 1.54) is 0 Å². The Labute approximate surface area is 130 Å². The minimum atomic E-state index is -0.223. The van der Waals surface area contributed by atoms with Crippen LogP contribution in [-0.2, 0) is 0 Å². The van der Waals surface area contributed by atoms with Crippen LogP contribution in [0.5, 0.6) is 0 Å². The molecule has 0 bridgehead atoms. The van der Waals surface area contributed by atoms with Crippen LogP contribution in [0.2, 0.25) is 0 Å². The Kier molecular flexibility index (Phi) is 3.47. The fourth-order valence-corrected chi connectivity index (χ4v) is 2.40. The van der Waals surface area contributed by atoms with Crippen molar-refractivity contribution < 1.29 is 4.79 Å². The summed E-state index contributed by atoms with van der Waals surface area (Å²) in [5, 5.41) is 2.79. The van der Waals surface area contributed by atoms with Gasteiger partial charge in [0.1, 0.15) is 17.2 Å². The van der Waals surface area contributed by atoms with Crippen molar-refractivity contribution in [3.63, 3.8) is 0 Å². The number of hydrogen-bond donors (Lipinski definition) is 1. The molecule has 21 heavy (non-hydrogen) atoms. The number of aromatic nitrogens is 3. The monoisotopic (exact) mass is 344 g/mol. The molecule has 0 aromatic carbocycles. The lowest BCUT2D eigenvalue weighted by Gasteiger charge is -2.05. The van der Waals surface area contributed by atoms with Gasteiger partial charge >= 0.3 is 0 Å². The standard InChI is InChI=1S/C15H13BrN4O/c1-9-5-6-20-13(7-9)18-10(2)14(20)15(21)19-12-4-3-11(16)8-17-12/h3-8H,1-2H3,(H,17,19,21). The molecule has 106 valence electrons. The van der Waals surface area contributed by atoms with E-state index in [0.29, 0.717) is 17.2 Å². The number of amides is 1. The Hall–Kier alpha value is -2.21. The zero-order valence-corrected chi connectivity index (χ0v) is 13.2. The highest BCUT2D eigenvalue weighted by Gasteiger charge is 2.17. The van der Waals surface area contributed by atoms with Crippen molar-refractivity contribution in [2.45, 2.75) is 13.8 Å². The van der Waals surface area contributed by atoms with Crippen molar-refractivity contribution in [2.24, 2.45) is 0 Å². The summed E-state index contributed by atoms with van der Waals surface area (Å²) in [5.74, 6) is 0.281. The molecule has 0 aliphatic rings. The summed E-state index contributed by atoms with van der Waals surface area (Å²) in [6.07, 6.45) is 3.49. The first-order chi connectivity index (χ1) is 10.0. The zero-order chi connectivity index (χ0) is 15.0. The molecule has 1 N–H and O–H groups in total. The smallest absolute Gasteiger partial charge is 0.275 e. The summed E-state index contributed by atoms with van der Waals surface area (Å²) in [7, 11) is 0. The van der Waals surface area contributed by atoms with E-state index < -0.39 is 0 Å². The predicted octanol–water partition coefficient (Wildman–Crippen LogP) is 3.36. The van der Waals surface area contributed by atoms with Crippen LogP contribution in [-0.4, -0.2) is 20.3 Å².